The van der Waals surface area contributed by atoms with Gasteiger partial charge in [0.15, 0.2) is 0 Å². The number of rotatable bonds is 0. The maximum atomic E-state index is 6.51. The molecule has 1 saturated heterocycles. The van der Waals surface area contributed by atoms with Gasteiger partial charge < -0.3 is 4.74 Å². The fourth-order valence-electron chi connectivity index (χ4n) is 4.06. The number of hydrogen-bond donors (Lipinski definition) is 0. The molecule has 0 aromatic rings. The number of allylic oxidation sites excluding steroid dienone is 2. The second-order valence-corrected chi connectivity index (χ2v) is 6.36. The van der Waals surface area contributed by atoms with Crippen molar-refractivity contribution in [3.05, 3.63) is 23.3 Å². The monoisotopic (exact) mass is 218 g/mol. The molecule has 1 heteroatoms. The van der Waals surface area contributed by atoms with Crippen LogP contribution in [-0.2, 0) is 4.74 Å². The Balaban J connectivity index is 2.13. The summed E-state index contributed by atoms with van der Waals surface area (Å²) in [5.74, 6) is 1.30. The van der Waals surface area contributed by atoms with E-state index in [1.165, 1.54) is 24.8 Å². The molecule has 0 N–H and O–H groups in total. The Morgan fingerprint density at radius 3 is 2.81 bits per heavy atom. The molecule has 3 atom stereocenters. The predicted octanol–water partition coefficient (Wildman–Crippen LogP) is 3.86. The van der Waals surface area contributed by atoms with Gasteiger partial charge in [-0.3, -0.25) is 0 Å². The summed E-state index contributed by atoms with van der Waals surface area (Å²) < 4.78 is 6.51. The van der Waals surface area contributed by atoms with Gasteiger partial charge in [0.05, 0.1) is 11.2 Å². The lowest BCUT2D eigenvalue weighted by Gasteiger charge is -2.41. The van der Waals surface area contributed by atoms with Crippen LogP contribution < -0.4 is 0 Å². The first-order valence-electron chi connectivity index (χ1n) is 6.50. The SMILES string of the molecule is CC1=C[C@@H]2[C@H]3CC=C(C)[C@]2(CC1)OC3(C)C. The Morgan fingerprint density at radius 2 is 2.06 bits per heavy atom. The summed E-state index contributed by atoms with van der Waals surface area (Å²) in [5, 5.41) is 0. The van der Waals surface area contributed by atoms with E-state index in [0.717, 1.165) is 0 Å². The van der Waals surface area contributed by atoms with E-state index in [0.29, 0.717) is 11.8 Å². The van der Waals surface area contributed by atoms with Crippen molar-refractivity contribution in [2.45, 2.75) is 58.2 Å². The molecule has 16 heavy (non-hydrogen) atoms. The van der Waals surface area contributed by atoms with Crippen LogP contribution in [0, 0.1) is 11.8 Å². The van der Waals surface area contributed by atoms with E-state index in [1.807, 2.05) is 0 Å². The summed E-state index contributed by atoms with van der Waals surface area (Å²) in [5.41, 5.74) is 3.12. The largest absolute Gasteiger partial charge is 0.364 e. The summed E-state index contributed by atoms with van der Waals surface area (Å²) in [6.07, 6.45) is 8.49. The Hall–Kier alpha value is -0.560. The van der Waals surface area contributed by atoms with Gasteiger partial charge in [0.1, 0.15) is 0 Å². The van der Waals surface area contributed by atoms with Crippen molar-refractivity contribution >= 4 is 0 Å². The van der Waals surface area contributed by atoms with Crippen molar-refractivity contribution in [2.24, 2.45) is 11.8 Å². The number of ether oxygens (including phenoxy) is 1. The first-order chi connectivity index (χ1) is 7.46. The van der Waals surface area contributed by atoms with Gasteiger partial charge in [-0.05, 0) is 52.5 Å². The molecule has 1 nitrogen and oxygen atoms in total. The van der Waals surface area contributed by atoms with Gasteiger partial charge >= 0.3 is 0 Å². The third-order valence-corrected chi connectivity index (χ3v) is 5.01. The highest BCUT2D eigenvalue weighted by Crippen LogP contribution is 2.59. The molecule has 3 rings (SSSR count). The third-order valence-electron chi connectivity index (χ3n) is 5.01. The first-order valence-corrected chi connectivity index (χ1v) is 6.50. The van der Waals surface area contributed by atoms with E-state index >= 15 is 0 Å². The van der Waals surface area contributed by atoms with Crippen LogP contribution in [0.4, 0.5) is 0 Å². The molecular weight excluding hydrogens is 196 g/mol. The average Bonchev–Trinajstić information content (AvgIpc) is 2.36. The van der Waals surface area contributed by atoms with Crippen LogP contribution in [0.15, 0.2) is 23.3 Å². The Labute approximate surface area is 98.6 Å². The Morgan fingerprint density at radius 1 is 1.31 bits per heavy atom. The van der Waals surface area contributed by atoms with Crippen LogP contribution in [0.1, 0.15) is 47.0 Å². The molecular formula is C15H22O. The molecule has 2 bridgehead atoms. The zero-order valence-electron chi connectivity index (χ0n) is 10.8. The highest BCUT2D eigenvalue weighted by molar-refractivity contribution is 5.34. The normalized spacial score (nSPS) is 44.8. The van der Waals surface area contributed by atoms with E-state index in [1.54, 1.807) is 5.57 Å². The zero-order chi connectivity index (χ0) is 11.6. The van der Waals surface area contributed by atoms with Crippen molar-refractivity contribution in [2.75, 3.05) is 0 Å². The summed E-state index contributed by atoms with van der Waals surface area (Å²) in [4.78, 5) is 0. The molecule has 1 fully saturated rings. The minimum atomic E-state index is 0.0417. The molecule has 3 aliphatic rings. The van der Waals surface area contributed by atoms with E-state index in [2.05, 4.69) is 39.8 Å². The van der Waals surface area contributed by atoms with Gasteiger partial charge in [0, 0.05) is 11.8 Å². The lowest BCUT2D eigenvalue weighted by atomic mass is 9.64. The maximum Gasteiger partial charge on any atom is 0.0965 e. The summed E-state index contributed by atoms with van der Waals surface area (Å²) >= 11 is 0. The predicted molar refractivity (Wildman–Crippen MR) is 66.2 cm³/mol. The molecule has 0 radical (unpaired) electrons. The van der Waals surface area contributed by atoms with Crippen molar-refractivity contribution in [1.82, 2.24) is 0 Å². The van der Waals surface area contributed by atoms with Crippen LogP contribution in [0.2, 0.25) is 0 Å². The molecule has 0 spiro atoms. The van der Waals surface area contributed by atoms with Gasteiger partial charge in [0.25, 0.3) is 0 Å². The van der Waals surface area contributed by atoms with Crippen molar-refractivity contribution in [3.63, 3.8) is 0 Å². The Kier molecular flexibility index (Phi) is 1.99. The van der Waals surface area contributed by atoms with Gasteiger partial charge in [-0.15, -0.1) is 0 Å². The molecule has 1 heterocycles. The number of hydrogen-bond acceptors (Lipinski definition) is 1. The second kappa shape index (κ2) is 3.01. The van der Waals surface area contributed by atoms with Crippen molar-refractivity contribution < 1.29 is 4.74 Å². The van der Waals surface area contributed by atoms with Crippen LogP contribution in [0.3, 0.4) is 0 Å². The minimum absolute atomic E-state index is 0.0417. The summed E-state index contributed by atoms with van der Waals surface area (Å²) in [6.45, 7) is 9.08. The van der Waals surface area contributed by atoms with Gasteiger partial charge in [-0.1, -0.05) is 17.7 Å². The fourth-order valence-corrected chi connectivity index (χ4v) is 4.06. The Bertz CT molecular complexity index is 388. The van der Waals surface area contributed by atoms with Crippen LogP contribution >= 0.6 is 0 Å². The first kappa shape index (κ1) is 10.6. The van der Waals surface area contributed by atoms with Crippen LogP contribution in [0.5, 0.6) is 0 Å². The zero-order valence-corrected chi connectivity index (χ0v) is 10.8. The van der Waals surface area contributed by atoms with Crippen LogP contribution in [0.25, 0.3) is 0 Å². The molecule has 0 saturated carbocycles. The van der Waals surface area contributed by atoms with Crippen molar-refractivity contribution in [1.29, 1.82) is 0 Å². The van der Waals surface area contributed by atoms with E-state index < -0.39 is 0 Å². The molecule has 2 aliphatic carbocycles. The van der Waals surface area contributed by atoms with E-state index in [4.69, 9.17) is 4.74 Å². The van der Waals surface area contributed by atoms with E-state index in [-0.39, 0.29) is 11.2 Å². The molecule has 0 aromatic heterocycles. The maximum absolute atomic E-state index is 6.51. The summed E-state index contributed by atoms with van der Waals surface area (Å²) in [6, 6.07) is 0. The molecule has 88 valence electrons. The third kappa shape index (κ3) is 1.15. The highest BCUT2D eigenvalue weighted by atomic mass is 16.5. The molecule has 0 aromatic carbocycles. The van der Waals surface area contributed by atoms with E-state index in [9.17, 15) is 0 Å². The van der Waals surface area contributed by atoms with Crippen molar-refractivity contribution in [3.8, 4) is 0 Å². The van der Waals surface area contributed by atoms with Gasteiger partial charge in [0.2, 0.25) is 0 Å². The lowest BCUT2D eigenvalue weighted by Crippen LogP contribution is -2.41. The second-order valence-electron chi connectivity index (χ2n) is 6.36. The van der Waals surface area contributed by atoms with Gasteiger partial charge in [-0.25, -0.2) is 0 Å². The highest BCUT2D eigenvalue weighted by Gasteiger charge is 2.60. The topological polar surface area (TPSA) is 9.23 Å². The van der Waals surface area contributed by atoms with Gasteiger partial charge in [-0.2, -0.15) is 0 Å². The standard InChI is InChI=1S/C15H22O/c1-10-7-8-15-11(2)5-6-12(13(15)9-10)14(3,4)16-15/h5,9,12-13H,6-8H2,1-4H3/t12-,13-,15+/m1/s1. The average molecular weight is 218 g/mol. The molecule has 1 aliphatic heterocycles. The smallest absolute Gasteiger partial charge is 0.0965 e. The molecule has 0 unspecified atom stereocenters. The lowest BCUT2D eigenvalue weighted by molar-refractivity contribution is -0.0799. The molecule has 0 amide bonds. The summed E-state index contributed by atoms with van der Waals surface area (Å²) in [7, 11) is 0. The minimum Gasteiger partial charge on any atom is -0.364 e. The van der Waals surface area contributed by atoms with Crippen LogP contribution in [-0.4, -0.2) is 11.2 Å². The fraction of sp³-hybridized carbons (Fsp3) is 0.733. The quantitative estimate of drug-likeness (QED) is 0.561.